The van der Waals surface area contributed by atoms with Gasteiger partial charge in [0.15, 0.2) is 0 Å². The highest BCUT2D eigenvalue weighted by molar-refractivity contribution is 7.98. The second kappa shape index (κ2) is 7.64. The van der Waals surface area contributed by atoms with E-state index in [9.17, 15) is 0 Å². The molecule has 27 heavy (non-hydrogen) atoms. The lowest BCUT2D eigenvalue weighted by Crippen LogP contribution is -2.28. The van der Waals surface area contributed by atoms with Crippen LogP contribution in [0.4, 0.5) is 5.69 Å². The Bertz CT molecular complexity index is 923. The van der Waals surface area contributed by atoms with Crippen molar-refractivity contribution in [3.8, 4) is 11.7 Å². The molecule has 1 aliphatic heterocycles. The molecule has 0 aliphatic carbocycles. The Hall–Kier alpha value is -2.47. The number of likely N-dealkylation sites (N-methyl/N-ethyl adjacent to an activating group) is 1. The van der Waals surface area contributed by atoms with Gasteiger partial charge in [0.2, 0.25) is 5.95 Å². The Morgan fingerprint density at radius 2 is 2.00 bits per heavy atom. The molecule has 0 atom stereocenters. The molecular weight excluding hydrogens is 356 g/mol. The molecule has 0 spiro atoms. The van der Waals surface area contributed by atoms with Crippen molar-refractivity contribution >= 4 is 17.4 Å². The first-order chi connectivity index (χ1) is 13.1. The largest absolute Gasteiger partial charge is 0.490 e. The summed E-state index contributed by atoms with van der Waals surface area (Å²) in [5.41, 5.74) is 3.67. The smallest absolute Gasteiger partial charge is 0.233 e. The number of benzene rings is 1. The van der Waals surface area contributed by atoms with E-state index in [1.54, 1.807) is 12.4 Å². The standard InChI is InChI=1S/C21H24N4OS/c1-15(2)19-11-16(13-25(19)21-22-7-4-8-23-21)14-27-17-5-6-18-20(12-17)26-10-9-24(18)3/h4-8,11-13,15H,9-10,14H2,1-3H3. The van der Waals surface area contributed by atoms with E-state index in [-0.39, 0.29) is 0 Å². The van der Waals surface area contributed by atoms with E-state index < -0.39 is 0 Å². The molecule has 3 heterocycles. The van der Waals surface area contributed by atoms with Crippen molar-refractivity contribution in [2.24, 2.45) is 0 Å². The van der Waals surface area contributed by atoms with Crippen LogP contribution in [-0.2, 0) is 5.75 Å². The average Bonchev–Trinajstić information content (AvgIpc) is 3.12. The van der Waals surface area contributed by atoms with Gasteiger partial charge >= 0.3 is 0 Å². The van der Waals surface area contributed by atoms with Gasteiger partial charge in [0.05, 0.1) is 12.2 Å². The summed E-state index contributed by atoms with van der Waals surface area (Å²) in [5, 5.41) is 0. The molecule has 5 nitrogen and oxygen atoms in total. The van der Waals surface area contributed by atoms with Crippen molar-refractivity contribution in [2.75, 3.05) is 25.1 Å². The SMILES string of the molecule is CC(C)c1cc(CSc2ccc3c(c2)OCCN3C)cn1-c1ncccn1. The third kappa shape index (κ3) is 3.81. The van der Waals surface area contributed by atoms with Crippen molar-refractivity contribution in [2.45, 2.75) is 30.4 Å². The van der Waals surface area contributed by atoms with E-state index in [0.29, 0.717) is 5.92 Å². The minimum atomic E-state index is 0.403. The van der Waals surface area contributed by atoms with Crippen LogP contribution >= 0.6 is 11.8 Å². The highest BCUT2D eigenvalue weighted by Gasteiger charge is 2.16. The maximum Gasteiger partial charge on any atom is 0.233 e. The summed E-state index contributed by atoms with van der Waals surface area (Å²) in [6.07, 6.45) is 5.72. The first-order valence-corrected chi connectivity index (χ1v) is 10.2. The fraction of sp³-hybridized carbons (Fsp3) is 0.333. The number of aromatic nitrogens is 3. The van der Waals surface area contributed by atoms with E-state index in [2.05, 4.69) is 70.8 Å². The lowest BCUT2D eigenvalue weighted by Gasteiger charge is -2.27. The molecule has 6 heteroatoms. The molecule has 4 rings (SSSR count). The van der Waals surface area contributed by atoms with E-state index in [1.165, 1.54) is 21.8 Å². The number of anilines is 1. The van der Waals surface area contributed by atoms with Crippen LogP contribution in [0, 0.1) is 0 Å². The number of rotatable bonds is 5. The first-order valence-electron chi connectivity index (χ1n) is 9.21. The molecule has 0 saturated heterocycles. The lowest BCUT2D eigenvalue weighted by atomic mass is 10.1. The third-order valence-corrected chi connectivity index (χ3v) is 5.76. The van der Waals surface area contributed by atoms with Gasteiger partial charge < -0.3 is 9.64 Å². The van der Waals surface area contributed by atoms with Crippen LogP contribution in [0.3, 0.4) is 0 Å². The van der Waals surface area contributed by atoms with Gasteiger partial charge in [0.1, 0.15) is 12.4 Å². The third-order valence-electron chi connectivity index (χ3n) is 4.70. The van der Waals surface area contributed by atoms with Gasteiger partial charge in [0, 0.05) is 42.0 Å². The number of thioether (sulfide) groups is 1. The number of ether oxygens (including phenoxy) is 1. The Labute approximate surface area is 164 Å². The van der Waals surface area contributed by atoms with Gasteiger partial charge in [-0.2, -0.15) is 0 Å². The number of nitrogens with zero attached hydrogens (tertiary/aromatic N) is 4. The molecule has 1 aliphatic rings. The minimum Gasteiger partial charge on any atom is -0.490 e. The number of fused-ring (bicyclic) bond motifs is 1. The van der Waals surface area contributed by atoms with Gasteiger partial charge in [-0.25, -0.2) is 9.97 Å². The maximum atomic E-state index is 5.82. The molecule has 0 unspecified atom stereocenters. The predicted molar refractivity (Wildman–Crippen MR) is 110 cm³/mol. The van der Waals surface area contributed by atoms with Crippen LogP contribution < -0.4 is 9.64 Å². The van der Waals surface area contributed by atoms with Crippen LogP contribution in [0.15, 0.2) is 53.8 Å². The summed E-state index contributed by atoms with van der Waals surface area (Å²) in [6.45, 7) is 6.08. The lowest BCUT2D eigenvalue weighted by molar-refractivity contribution is 0.310. The van der Waals surface area contributed by atoms with Crippen LogP contribution in [0.2, 0.25) is 0 Å². The van der Waals surface area contributed by atoms with Crippen molar-refractivity contribution in [1.29, 1.82) is 0 Å². The molecule has 0 radical (unpaired) electrons. The summed E-state index contributed by atoms with van der Waals surface area (Å²) in [5.74, 6) is 3.00. The summed E-state index contributed by atoms with van der Waals surface area (Å²) in [6, 6.07) is 10.6. The Morgan fingerprint density at radius 1 is 1.19 bits per heavy atom. The summed E-state index contributed by atoms with van der Waals surface area (Å²) >= 11 is 1.82. The van der Waals surface area contributed by atoms with Crippen LogP contribution in [0.5, 0.6) is 5.75 Å². The fourth-order valence-corrected chi connectivity index (χ4v) is 4.09. The molecule has 1 aromatic carbocycles. The zero-order valence-electron chi connectivity index (χ0n) is 15.9. The van der Waals surface area contributed by atoms with Gasteiger partial charge in [-0.3, -0.25) is 4.57 Å². The molecular formula is C21H24N4OS. The maximum absolute atomic E-state index is 5.82. The number of hydrogen-bond donors (Lipinski definition) is 0. The van der Waals surface area contributed by atoms with Crippen LogP contribution in [0.1, 0.15) is 31.0 Å². The van der Waals surface area contributed by atoms with Crippen molar-refractivity contribution in [1.82, 2.24) is 14.5 Å². The minimum absolute atomic E-state index is 0.403. The Morgan fingerprint density at radius 3 is 2.78 bits per heavy atom. The molecule has 3 aromatic rings. The van der Waals surface area contributed by atoms with Gasteiger partial charge in [-0.15, -0.1) is 11.8 Å². The molecule has 0 N–H and O–H groups in total. The van der Waals surface area contributed by atoms with E-state index in [0.717, 1.165) is 30.6 Å². The quantitative estimate of drug-likeness (QED) is 0.609. The van der Waals surface area contributed by atoms with Gasteiger partial charge in [-0.05, 0) is 41.8 Å². The molecule has 0 fully saturated rings. The normalized spacial score (nSPS) is 13.6. The molecule has 140 valence electrons. The van der Waals surface area contributed by atoms with Crippen molar-refractivity contribution in [3.05, 3.63) is 60.2 Å². The van der Waals surface area contributed by atoms with E-state index in [4.69, 9.17) is 4.74 Å². The van der Waals surface area contributed by atoms with E-state index in [1.807, 2.05) is 17.8 Å². The fourth-order valence-electron chi connectivity index (χ4n) is 3.24. The zero-order chi connectivity index (χ0) is 18.8. The second-order valence-corrected chi connectivity index (χ2v) is 8.08. The van der Waals surface area contributed by atoms with Crippen LogP contribution in [-0.4, -0.2) is 34.7 Å². The van der Waals surface area contributed by atoms with Gasteiger partial charge in [0.25, 0.3) is 0 Å². The molecule has 0 bridgehead atoms. The summed E-state index contributed by atoms with van der Waals surface area (Å²) in [4.78, 5) is 12.3. The monoisotopic (exact) mass is 380 g/mol. The van der Waals surface area contributed by atoms with Crippen molar-refractivity contribution in [3.63, 3.8) is 0 Å². The predicted octanol–water partition coefficient (Wildman–Crippen LogP) is 4.51. The van der Waals surface area contributed by atoms with Crippen molar-refractivity contribution < 1.29 is 4.74 Å². The molecule has 2 aromatic heterocycles. The topological polar surface area (TPSA) is 43.2 Å². The Kier molecular flexibility index (Phi) is 5.07. The highest BCUT2D eigenvalue weighted by Crippen LogP contribution is 2.36. The average molecular weight is 381 g/mol. The second-order valence-electron chi connectivity index (χ2n) is 7.03. The first kappa shape index (κ1) is 17.9. The molecule has 0 saturated carbocycles. The molecule has 0 amide bonds. The number of hydrogen-bond acceptors (Lipinski definition) is 5. The summed E-state index contributed by atoms with van der Waals surface area (Å²) < 4.78 is 7.93. The Balaban J connectivity index is 1.54. The van der Waals surface area contributed by atoms with Crippen LogP contribution in [0.25, 0.3) is 5.95 Å². The van der Waals surface area contributed by atoms with E-state index >= 15 is 0 Å². The summed E-state index contributed by atoms with van der Waals surface area (Å²) in [7, 11) is 2.11. The zero-order valence-corrected chi connectivity index (χ0v) is 16.7. The highest BCUT2D eigenvalue weighted by atomic mass is 32.2. The van der Waals surface area contributed by atoms with Gasteiger partial charge in [-0.1, -0.05) is 13.8 Å².